The van der Waals surface area contributed by atoms with E-state index in [2.05, 4.69) is 15.2 Å². The fourth-order valence-electron chi connectivity index (χ4n) is 2.71. The first-order chi connectivity index (χ1) is 13.9. The van der Waals surface area contributed by atoms with Crippen LogP contribution in [0.25, 0.3) is 16.8 Å². The van der Waals surface area contributed by atoms with Gasteiger partial charge in [0, 0.05) is 24.3 Å². The van der Waals surface area contributed by atoms with E-state index in [1.54, 1.807) is 26.1 Å². The fourth-order valence-corrected chi connectivity index (χ4v) is 3.62. The van der Waals surface area contributed by atoms with Crippen molar-refractivity contribution in [3.63, 3.8) is 0 Å². The molecule has 8 nitrogen and oxygen atoms in total. The third kappa shape index (κ3) is 4.54. The topological polar surface area (TPSA) is 102 Å². The number of fused-ring (bicyclic) bond motifs is 1. The van der Waals surface area contributed by atoms with Crippen LogP contribution in [0.1, 0.15) is 26.5 Å². The number of aromatic nitrogens is 4. The maximum Gasteiger partial charge on any atom is 0.433 e. The molecular formula is C18H21F3N6O2S. The highest BCUT2D eigenvalue weighted by molar-refractivity contribution is 7.99. The molecule has 0 radical (unpaired) electrons. The minimum absolute atomic E-state index is 0.321. The largest absolute Gasteiger partial charge is 0.433 e. The quantitative estimate of drug-likeness (QED) is 0.455. The zero-order chi connectivity index (χ0) is 22.3. The van der Waals surface area contributed by atoms with Crippen molar-refractivity contribution in [2.24, 2.45) is 5.73 Å². The first kappa shape index (κ1) is 22.0. The highest BCUT2D eigenvalue weighted by Crippen LogP contribution is 2.38. The Morgan fingerprint density at radius 3 is 2.67 bits per heavy atom. The highest BCUT2D eigenvalue weighted by Gasteiger charge is 2.33. The minimum atomic E-state index is -4.53. The number of alkyl halides is 3. The van der Waals surface area contributed by atoms with Crippen molar-refractivity contribution in [1.29, 1.82) is 0 Å². The van der Waals surface area contributed by atoms with Crippen molar-refractivity contribution in [3.8, 4) is 11.3 Å². The molecule has 3 heterocycles. The molecule has 0 saturated heterocycles. The fraction of sp³-hybridized carbons (Fsp3) is 0.389. The number of halogens is 3. The summed E-state index contributed by atoms with van der Waals surface area (Å²) >= 11 is 1.43. The average molecular weight is 442 g/mol. The van der Waals surface area contributed by atoms with Gasteiger partial charge in [-0.15, -0.1) is 11.8 Å². The first-order valence-corrected chi connectivity index (χ1v) is 9.91. The molecule has 3 aromatic rings. The van der Waals surface area contributed by atoms with Gasteiger partial charge in [0.15, 0.2) is 5.72 Å². The third-order valence-electron chi connectivity index (χ3n) is 4.00. The van der Waals surface area contributed by atoms with Crippen molar-refractivity contribution in [1.82, 2.24) is 19.6 Å². The predicted octanol–water partition coefficient (Wildman–Crippen LogP) is 4.12. The van der Waals surface area contributed by atoms with E-state index < -0.39 is 23.7 Å². The number of rotatable bonds is 5. The number of anilines is 1. The van der Waals surface area contributed by atoms with Gasteiger partial charge in [-0.2, -0.15) is 18.3 Å². The molecule has 30 heavy (non-hydrogen) atoms. The molecule has 0 aromatic carbocycles. The number of nitrogens with two attached hydrogens (primary N) is 1. The van der Waals surface area contributed by atoms with Gasteiger partial charge in [-0.1, -0.05) is 6.92 Å². The van der Waals surface area contributed by atoms with Gasteiger partial charge in [0.05, 0.1) is 11.2 Å². The van der Waals surface area contributed by atoms with Gasteiger partial charge >= 0.3 is 12.3 Å². The lowest BCUT2D eigenvalue weighted by atomic mass is 10.2. The number of nitrogens with one attached hydrogen (secondary N) is 1. The molecule has 0 aliphatic rings. The van der Waals surface area contributed by atoms with E-state index in [9.17, 15) is 18.0 Å². The molecule has 0 bridgehead atoms. The summed E-state index contributed by atoms with van der Waals surface area (Å²) in [7, 11) is 1.51. The summed E-state index contributed by atoms with van der Waals surface area (Å²) in [5, 5.41) is 7.10. The molecule has 3 rings (SSSR count). The van der Waals surface area contributed by atoms with Gasteiger partial charge in [0.1, 0.15) is 17.2 Å². The van der Waals surface area contributed by atoms with E-state index in [4.69, 9.17) is 10.5 Å². The smallest absolute Gasteiger partial charge is 0.428 e. The summed E-state index contributed by atoms with van der Waals surface area (Å²) in [5.41, 5.74) is 5.01. The van der Waals surface area contributed by atoms with Gasteiger partial charge in [-0.05, 0) is 31.7 Å². The van der Waals surface area contributed by atoms with Gasteiger partial charge in [-0.25, -0.2) is 9.78 Å². The van der Waals surface area contributed by atoms with E-state index in [0.717, 1.165) is 12.4 Å². The molecule has 0 aliphatic heterocycles. The second-order valence-corrected chi connectivity index (χ2v) is 8.32. The second-order valence-electron chi connectivity index (χ2n) is 7.05. The van der Waals surface area contributed by atoms with Gasteiger partial charge in [0.2, 0.25) is 0 Å². The van der Waals surface area contributed by atoms with Crippen LogP contribution < -0.4 is 10.6 Å². The summed E-state index contributed by atoms with van der Waals surface area (Å²) in [6, 6.07) is 2.55. The van der Waals surface area contributed by atoms with Crippen molar-refractivity contribution >= 4 is 29.2 Å². The molecule has 1 amide bonds. The van der Waals surface area contributed by atoms with Gasteiger partial charge in [0.25, 0.3) is 0 Å². The zero-order valence-corrected chi connectivity index (χ0v) is 17.6. The van der Waals surface area contributed by atoms with Crippen molar-refractivity contribution in [2.75, 3.05) is 17.7 Å². The Bertz CT molecular complexity index is 1070. The number of amides is 1. The lowest BCUT2D eigenvalue weighted by molar-refractivity contribution is -0.141. The number of thioether (sulfide) groups is 1. The van der Waals surface area contributed by atoms with Crippen LogP contribution in [0.4, 0.5) is 23.8 Å². The number of carbonyl (C=O) groups excluding carboxylic acids is 1. The van der Waals surface area contributed by atoms with Crippen LogP contribution in [0, 0.1) is 0 Å². The second kappa shape index (κ2) is 7.84. The van der Waals surface area contributed by atoms with Crippen LogP contribution in [-0.4, -0.2) is 44.2 Å². The summed E-state index contributed by atoms with van der Waals surface area (Å²) < 4.78 is 45.5. The highest BCUT2D eigenvalue weighted by atomic mass is 32.2. The number of aromatic amines is 1. The Kier molecular flexibility index (Phi) is 5.74. The molecular weight excluding hydrogens is 421 g/mol. The molecule has 0 saturated carbocycles. The van der Waals surface area contributed by atoms with Crippen LogP contribution in [0.3, 0.4) is 0 Å². The lowest BCUT2D eigenvalue weighted by Crippen LogP contribution is -2.42. The zero-order valence-electron chi connectivity index (χ0n) is 16.7. The number of carbonyl (C=O) groups is 1. The van der Waals surface area contributed by atoms with Crippen molar-refractivity contribution in [3.05, 3.63) is 30.4 Å². The maximum absolute atomic E-state index is 12.9. The third-order valence-corrected chi connectivity index (χ3v) is 4.97. The van der Waals surface area contributed by atoms with Gasteiger partial charge in [-0.3, -0.25) is 15.7 Å². The van der Waals surface area contributed by atoms with Gasteiger partial charge < -0.3 is 9.14 Å². The Labute approximate surface area is 174 Å². The molecule has 0 aliphatic carbocycles. The Hall–Kier alpha value is -2.73. The molecule has 0 fully saturated rings. The first-order valence-electron chi connectivity index (χ1n) is 8.92. The Morgan fingerprint density at radius 2 is 2.07 bits per heavy atom. The molecule has 0 unspecified atom stereocenters. The summed E-state index contributed by atoms with van der Waals surface area (Å²) in [6.45, 7) is 5.03. The standard InChI is InChI=1S/C18H21F3N6O2S/c1-5-30-14-13(24-25-15(14)26(4)16(28)29-17(2,3)22)10-6-11-7-12(18(19,20)21)23-9-27(11)8-10/h6-9H,5,22H2,1-4H3,(H,24,25). The van der Waals surface area contributed by atoms with Crippen LogP contribution in [0.5, 0.6) is 0 Å². The van der Waals surface area contributed by atoms with Crippen molar-refractivity contribution < 1.29 is 22.7 Å². The van der Waals surface area contributed by atoms with E-state index in [1.165, 1.54) is 28.1 Å². The number of hydrogen-bond acceptors (Lipinski definition) is 6. The average Bonchev–Trinajstić information content (AvgIpc) is 3.22. The van der Waals surface area contributed by atoms with Crippen LogP contribution in [0.15, 0.2) is 29.6 Å². The number of H-pyrrole nitrogens is 1. The Morgan fingerprint density at radius 1 is 1.37 bits per heavy atom. The summed E-state index contributed by atoms with van der Waals surface area (Å²) in [6.07, 6.45) is -2.47. The monoisotopic (exact) mass is 442 g/mol. The number of ether oxygens (including phenoxy) is 1. The van der Waals surface area contributed by atoms with Crippen LogP contribution >= 0.6 is 11.8 Å². The normalized spacial score (nSPS) is 12.4. The molecule has 0 atom stereocenters. The van der Waals surface area contributed by atoms with Crippen molar-refractivity contribution in [2.45, 2.75) is 37.6 Å². The summed E-state index contributed by atoms with van der Waals surface area (Å²) in [5.74, 6) is 1.08. The van der Waals surface area contributed by atoms with E-state index in [0.29, 0.717) is 33.2 Å². The molecule has 12 heteroatoms. The van der Waals surface area contributed by atoms with E-state index >= 15 is 0 Å². The number of nitrogens with zero attached hydrogens (tertiary/aromatic N) is 4. The number of hydrogen-bond donors (Lipinski definition) is 2. The summed E-state index contributed by atoms with van der Waals surface area (Å²) in [4.78, 5) is 17.8. The molecule has 162 valence electrons. The van der Waals surface area contributed by atoms with E-state index in [-0.39, 0.29) is 0 Å². The SMILES string of the molecule is CCSc1c(-c2cc3cc(C(F)(F)F)ncn3c2)n[nH]c1N(C)C(=O)OC(C)(C)N. The van der Waals surface area contributed by atoms with Crippen LogP contribution in [-0.2, 0) is 10.9 Å². The molecule has 3 N–H and O–H groups in total. The van der Waals surface area contributed by atoms with Crippen LogP contribution in [0.2, 0.25) is 0 Å². The van der Waals surface area contributed by atoms with E-state index in [1.807, 2.05) is 6.92 Å². The molecule has 3 aromatic heterocycles. The molecule has 0 spiro atoms. The lowest BCUT2D eigenvalue weighted by Gasteiger charge is -2.24. The maximum atomic E-state index is 12.9. The predicted molar refractivity (Wildman–Crippen MR) is 107 cm³/mol. The Balaban J connectivity index is 2.01. The minimum Gasteiger partial charge on any atom is -0.428 e.